The molecule has 3 fully saturated rings. The third-order valence-electron chi connectivity index (χ3n) is 9.28. The molecular weight excluding hydrogens is 614 g/mol. The van der Waals surface area contributed by atoms with Crippen LogP contribution in [-0.4, -0.2) is 120 Å². The third kappa shape index (κ3) is 5.58. The molecule has 3 atom stereocenters. The lowest BCUT2D eigenvalue weighted by molar-refractivity contribution is -0.144. The van der Waals surface area contributed by atoms with E-state index in [2.05, 4.69) is 4.98 Å². The number of carbonyl (C=O) groups is 4. The Morgan fingerprint density at radius 3 is 2.43 bits per heavy atom. The lowest BCUT2D eigenvalue weighted by atomic mass is 9.95. The van der Waals surface area contributed by atoms with Crippen LogP contribution in [0.3, 0.4) is 0 Å². The summed E-state index contributed by atoms with van der Waals surface area (Å²) < 4.78 is 56.6. The molecule has 4 aliphatic rings. The number of hydrogen-bond acceptors (Lipinski definition) is 7. The summed E-state index contributed by atoms with van der Waals surface area (Å²) >= 11 is 0. The van der Waals surface area contributed by atoms with Gasteiger partial charge in [0.2, 0.25) is 17.7 Å². The number of aryl methyl sites for hydroxylation is 1. The zero-order valence-corrected chi connectivity index (χ0v) is 25.2. The smallest absolute Gasteiger partial charge is 0.416 e. The number of nitrogens with zero attached hydrogens (tertiary/aromatic N) is 7. The summed E-state index contributed by atoms with van der Waals surface area (Å²) in [5.41, 5.74) is -0.662. The average molecular weight is 648 g/mol. The molecule has 46 heavy (non-hydrogen) atoms. The van der Waals surface area contributed by atoms with Gasteiger partial charge in [0.25, 0.3) is 0 Å². The topological polar surface area (TPSA) is 121 Å². The van der Waals surface area contributed by atoms with Crippen molar-refractivity contribution in [2.45, 2.75) is 31.6 Å². The Morgan fingerprint density at radius 1 is 1.00 bits per heavy atom. The van der Waals surface area contributed by atoms with Crippen LogP contribution < -0.4 is 14.7 Å². The Hall–Kier alpha value is -4.47. The quantitative estimate of drug-likeness (QED) is 0.502. The average Bonchev–Trinajstić information content (AvgIpc) is 3.32. The van der Waals surface area contributed by atoms with Gasteiger partial charge in [0.05, 0.1) is 16.9 Å². The summed E-state index contributed by atoms with van der Waals surface area (Å²) in [6.45, 7) is 3.38. The maximum absolute atomic E-state index is 15.6. The number of carbonyl (C=O) groups excluding carboxylic acids is 3. The standard InChI is InChI=1S/C30H33F4N7O5/c1-17-12-19(30(32,33)34)14-23(35-17)41-24(42)13-18-15-39(26-20(31)4-3-5-21(26)36(2)28(44)25(18)41)10-9-38-8-6-37-7-11-40(29(45)46)16-22(37)27(38)43/h3-5,12,14,18,22,25H,6-11,13,15-16H2,1-2H3,(H,45,46)/t18-,22+,25+/m1/s1. The van der Waals surface area contributed by atoms with E-state index in [1.807, 2.05) is 4.90 Å². The first-order valence-corrected chi connectivity index (χ1v) is 14.9. The predicted molar refractivity (Wildman–Crippen MR) is 157 cm³/mol. The molecule has 3 saturated heterocycles. The number of carboxylic acid groups (broad SMARTS) is 1. The molecule has 6 rings (SSSR count). The van der Waals surface area contributed by atoms with E-state index < -0.39 is 53.5 Å². The van der Waals surface area contributed by atoms with E-state index in [0.717, 1.165) is 17.0 Å². The highest BCUT2D eigenvalue weighted by molar-refractivity contribution is 6.10. The van der Waals surface area contributed by atoms with E-state index in [4.69, 9.17) is 0 Å². The van der Waals surface area contributed by atoms with E-state index in [9.17, 15) is 37.5 Å². The maximum atomic E-state index is 15.6. The molecule has 0 radical (unpaired) electrons. The van der Waals surface area contributed by atoms with E-state index in [1.165, 1.54) is 35.9 Å². The molecule has 4 amide bonds. The minimum absolute atomic E-state index is 0.00272. The lowest BCUT2D eigenvalue weighted by Gasteiger charge is -2.46. The van der Waals surface area contributed by atoms with Gasteiger partial charge in [-0.15, -0.1) is 0 Å². The van der Waals surface area contributed by atoms with Crippen LogP contribution in [0.4, 0.5) is 39.5 Å². The van der Waals surface area contributed by atoms with Gasteiger partial charge in [0, 0.05) is 77.4 Å². The summed E-state index contributed by atoms with van der Waals surface area (Å²) in [6.07, 6.45) is -5.99. The van der Waals surface area contributed by atoms with Crippen LogP contribution in [0.25, 0.3) is 0 Å². The number of fused-ring (bicyclic) bond motifs is 3. The molecule has 1 aromatic carbocycles. The van der Waals surface area contributed by atoms with Gasteiger partial charge in [-0.2, -0.15) is 13.2 Å². The van der Waals surface area contributed by atoms with Crippen molar-refractivity contribution >= 4 is 41.0 Å². The van der Waals surface area contributed by atoms with Gasteiger partial charge in [-0.05, 0) is 31.2 Å². The van der Waals surface area contributed by atoms with Crippen molar-refractivity contribution < 1.29 is 41.8 Å². The van der Waals surface area contributed by atoms with Crippen LogP contribution in [0, 0.1) is 18.7 Å². The molecule has 12 nitrogen and oxygen atoms in total. The molecular formula is C30H33F4N7O5. The number of anilines is 3. The number of piperazine rings is 2. The molecule has 5 heterocycles. The molecule has 2 aromatic rings. The highest BCUT2D eigenvalue weighted by Gasteiger charge is 2.50. The zero-order chi connectivity index (χ0) is 33.1. The number of benzene rings is 1. The SMILES string of the molecule is Cc1cc(C(F)(F)F)cc(N2C(=O)C[C@@H]3CN(CCN4CCN5CCN(C(=O)O)C[C@H]5C4=O)c4c(F)cccc4N(C)C(=O)[C@H]32)n1. The Labute approximate surface area is 261 Å². The maximum Gasteiger partial charge on any atom is 0.416 e. The number of pyridine rings is 1. The van der Waals surface area contributed by atoms with Crippen LogP contribution in [0.1, 0.15) is 17.7 Å². The Bertz CT molecular complexity index is 1590. The van der Waals surface area contributed by atoms with Crippen LogP contribution >= 0.6 is 0 Å². The predicted octanol–water partition coefficient (Wildman–Crippen LogP) is 2.26. The molecule has 0 spiro atoms. The second-order valence-electron chi connectivity index (χ2n) is 12.1. The first-order chi connectivity index (χ1) is 21.7. The van der Waals surface area contributed by atoms with Crippen LogP contribution in [0.5, 0.6) is 0 Å². The molecule has 0 unspecified atom stereocenters. The lowest BCUT2D eigenvalue weighted by Crippen LogP contribution is -2.65. The number of likely N-dealkylation sites (N-methyl/N-ethyl adjacent to an activating group) is 1. The Morgan fingerprint density at radius 2 is 1.72 bits per heavy atom. The first kappa shape index (κ1) is 31.5. The van der Waals surface area contributed by atoms with Gasteiger partial charge in [0.1, 0.15) is 23.7 Å². The van der Waals surface area contributed by atoms with E-state index in [-0.39, 0.29) is 61.4 Å². The molecule has 0 aliphatic carbocycles. The fourth-order valence-electron chi connectivity index (χ4n) is 7.00. The number of para-hydroxylation sites is 1. The molecule has 4 aliphatic heterocycles. The Kier molecular flexibility index (Phi) is 8.02. The monoisotopic (exact) mass is 647 g/mol. The van der Waals surface area contributed by atoms with Crippen LogP contribution in [0.15, 0.2) is 30.3 Å². The highest BCUT2D eigenvalue weighted by Crippen LogP contribution is 2.41. The van der Waals surface area contributed by atoms with Gasteiger partial charge in [-0.1, -0.05) is 6.07 Å². The van der Waals surface area contributed by atoms with Crippen LogP contribution in [-0.2, 0) is 20.6 Å². The molecule has 0 saturated carbocycles. The second-order valence-corrected chi connectivity index (χ2v) is 12.1. The number of amides is 4. The highest BCUT2D eigenvalue weighted by atomic mass is 19.4. The van der Waals surface area contributed by atoms with Crippen molar-refractivity contribution in [2.24, 2.45) is 5.92 Å². The summed E-state index contributed by atoms with van der Waals surface area (Å²) in [7, 11) is 1.42. The number of halogens is 4. The number of alkyl halides is 3. The number of rotatable bonds is 4. The van der Waals surface area contributed by atoms with Crippen molar-refractivity contribution in [2.75, 3.05) is 74.1 Å². The van der Waals surface area contributed by atoms with E-state index in [1.54, 1.807) is 15.9 Å². The Balaban J connectivity index is 1.30. The molecule has 0 bridgehead atoms. The minimum atomic E-state index is -4.70. The second kappa shape index (κ2) is 11.7. The normalized spacial score (nSPS) is 24.1. The van der Waals surface area contributed by atoms with Gasteiger partial charge in [0.15, 0.2) is 0 Å². The molecule has 1 aromatic heterocycles. The molecule has 16 heteroatoms. The number of hydrogen-bond donors (Lipinski definition) is 1. The summed E-state index contributed by atoms with van der Waals surface area (Å²) in [5, 5.41) is 9.44. The summed E-state index contributed by atoms with van der Waals surface area (Å²) in [5.74, 6) is -3.05. The van der Waals surface area contributed by atoms with E-state index in [0.29, 0.717) is 26.2 Å². The fourth-order valence-corrected chi connectivity index (χ4v) is 7.00. The fraction of sp³-hybridized carbons (Fsp3) is 0.500. The van der Waals surface area contributed by atoms with Crippen molar-refractivity contribution in [3.05, 3.63) is 47.4 Å². The van der Waals surface area contributed by atoms with Crippen molar-refractivity contribution in [1.29, 1.82) is 0 Å². The molecule has 246 valence electrons. The van der Waals surface area contributed by atoms with Crippen LogP contribution in [0.2, 0.25) is 0 Å². The van der Waals surface area contributed by atoms with Gasteiger partial charge >= 0.3 is 12.3 Å². The minimum Gasteiger partial charge on any atom is -0.465 e. The summed E-state index contributed by atoms with van der Waals surface area (Å²) in [6, 6.07) is 4.01. The van der Waals surface area contributed by atoms with E-state index >= 15 is 4.39 Å². The van der Waals surface area contributed by atoms with Crippen molar-refractivity contribution in [1.82, 2.24) is 19.7 Å². The first-order valence-electron chi connectivity index (χ1n) is 14.9. The zero-order valence-electron chi connectivity index (χ0n) is 25.2. The molecule has 1 N–H and O–H groups in total. The largest absolute Gasteiger partial charge is 0.465 e. The summed E-state index contributed by atoms with van der Waals surface area (Å²) in [4.78, 5) is 65.3. The number of aromatic nitrogens is 1. The third-order valence-corrected chi connectivity index (χ3v) is 9.28. The van der Waals surface area contributed by atoms with Gasteiger partial charge in [-0.25, -0.2) is 14.2 Å². The van der Waals surface area contributed by atoms with Gasteiger partial charge < -0.3 is 24.7 Å². The van der Waals surface area contributed by atoms with Crippen molar-refractivity contribution in [3.63, 3.8) is 0 Å². The van der Waals surface area contributed by atoms with Gasteiger partial charge in [-0.3, -0.25) is 24.2 Å². The van der Waals surface area contributed by atoms with Crippen molar-refractivity contribution in [3.8, 4) is 0 Å².